The second-order valence-electron chi connectivity index (χ2n) is 6.15. The lowest BCUT2D eigenvalue weighted by Crippen LogP contribution is -2.13. The van der Waals surface area contributed by atoms with Crippen LogP contribution >= 0.6 is 0 Å². The highest BCUT2D eigenvalue weighted by atomic mass is 16.3. The van der Waals surface area contributed by atoms with Gasteiger partial charge in [-0.1, -0.05) is 39.8 Å². The van der Waals surface area contributed by atoms with Crippen molar-refractivity contribution in [2.45, 2.75) is 46.1 Å². The van der Waals surface area contributed by atoms with Crippen molar-refractivity contribution in [3.63, 3.8) is 0 Å². The van der Waals surface area contributed by atoms with Crippen LogP contribution in [0.25, 0.3) is 11.5 Å². The second kappa shape index (κ2) is 6.23. The summed E-state index contributed by atoms with van der Waals surface area (Å²) in [6.45, 7) is 10.6. The predicted octanol–water partition coefficient (Wildman–Crippen LogP) is 4.14. The molecule has 2 aromatic rings. The molecule has 0 unspecified atom stereocenters. The smallest absolute Gasteiger partial charge is 0.226 e. The molecule has 0 amide bonds. The summed E-state index contributed by atoms with van der Waals surface area (Å²) in [6, 6.07) is 8.45. The summed E-state index contributed by atoms with van der Waals surface area (Å²) in [4.78, 5) is 4.51. The van der Waals surface area contributed by atoms with E-state index in [4.69, 9.17) is 4.42 Å². The molecule has 0 radical (unpaired) electrons. The first kappa shape index (κ1) is 14.8. The Balaban J connectivity index is 2.08. The Morgan fingerprint density at radius 2 is 1.85 bits per heavy atom. The van der Waals surface area contributed by atoms with Gasteiger partial charge in [-0.3, -0.25) is 0 Å². The van der Waals surface area contributed by atoms with E-state index in [1.165, 1.54) is 5.56 Å². The van der Waals surface area contributed by atoms with Crippen molar-refractivity contribution in [1.82, 2.24) is 10.3 Å². The monoisotopic (exact) mass is 272 g/mol. The minimum absolute atomic E-state index is 0.171. The summed E-state index contributed by atoms with van der Waals surface area (Å²) in [7, 11) is 0. The van der Waals surface area contributed by atoms with Crippen LogP contribution in [-0.4, -0.2) is 11.5 Å². The maximum atomic E-state index is 5.56. The van der Waals surface area contributed by atoms with Crippen LogP contribution in [0.2, 0.25) is 0 Å². The minimum atomic E-state index is 0.171. The maximum Gasteiger partial charge on any atom is 0.226 e. The summed E-state index contributed by atoms with van der Waals surface area (Å²) < 4.78 is 5.56. The van der Waals surface area contributed by atoms with Gasteiger partial charge in [-0.05, 0) is 36.1 Å². The highest BCUT2D eigenvalue weighted by molar-refractivity contribution is 5.54. The highest BCUT2D eigenvalue weighted by Gasteiger charge is 2.14. The Bertz CT molecular complexity index is 535. The quantitative estimate of drug-likeness (QED) is 0.831. The van der Waals surface area contributed by atoms with Crippen LogP contribution in [0, 0.1) is 0 Å². The van der Waals surface area contributed by atoms with Crippen LogP contribution in [0.4, 0.5) is 0 Å². The van der Waals surface area contributed by atoms with E-state index in [2.05, 4.69) is 62.3 Å². The fraction of sp³-hybridized carbons (Fsp3) is 0.471. The van der Waals surface area contributed by atoms with E-state index >= 15 is 0 Å². The molecule has 1 N–H and O–H groups in total. The summed E-state index contributed by atoms with van der Waals surface area (Å²) >= 11 is 0. The summed E-state index contributed by atoms with van der Waals surface area (Å²) in [5.41, 5.74) is 3.47. The average Bonchev–Trinajstić information content (AvgIpc) is 2.87. The maximum absolute atomic E-state index is 5.56. The molecule has 0 aliphatic rings. The number of nitrogens with one attached hydrogen (secondary N) is 1. The molecular weight excluding hydrogens is 248 g/mol. The molecule has 3 nitrogen and oxygen atoms in total. The average molecular weight is 272 g/mol. The fourth-order valence-corrected chi connectivity index (χ4v) is 2.03. The zero-order valence-corrected chi connectivity index (χ0v) is 12.9. The number of nitrogens with zero attached hydrogens (tertiary/aromatic N) is 1. The molecule has 0 fully saturated rings. The van der Waals surface area contributed by atoms with E-state index < -0.39 is 0 Å². The van der Waals surface area contributed by atoms with Gasteiger partial charge in [0.05, 0.1) is 5.69 Å². The molecule has 0 aliphatic carbocycles. The highest BCUT2D eigenvalue weighted by Crippen LogP contribution is 2.25. The van der Waals surface area contributed by atoms with Crippen molar-refractivity contribution in [3.05, 3.63) is 41.8 Å². The van der Waals surface area contributed by atoms with Gasteiger partial charge in [0.2, 0.25) is 5.89 Å². The Morgan fingerprint density at radius 1 is 1.15 bits per heavy atom. The zero-order chi connectivity index (χ0) is 14.6. The molecule has 1 aromatic carbocycles. The van der Waals surface area contributed by atoms with Crippen LogP contribution in [0.1, 0.15) is 45.4 Å². The number of aromatic nitrogens is 1. The topological polar surface area (TPSA) is 38.1 Å². The van der Waals surface area contributed by atoms with E-state index in [0.717, 1.165) is 30.8 Å². The van der Waals surface area contributed by atoms with Gasteiger partial charge in [-0.2, -0.15) is 0 Å². The van der Waals surface area contributed by atoms with Gasteiger partial charge in [0.15, 0.2) is 0 Å². The summed E-state index contributed by atoms with van der Waals surface area (Å²) in [6.07, 6.45) is 2.86. The third kappa shape index (κ3) is 3.70. The molecular formula is C17H24N2O. The molecule has 0 spiro atoms. The fourth-order valence-electron chi connectivity index (χ4n) is 2.03. The molecule has 0 atom stereocenters. The van der Waals surface area contributed by atoms with Gasteiger partial charge in [0.25, 0.3) is 0 Å². The molecule has 108 valence electrons. The third-order valence-corrected chi connectivity index (χ3v) is 3.28. The van der Waals surface area contributed by atoms with Crippen molar-refractivity contribution in [2.75, 3.05) is 6.54 Å². The number of hydrogen-bond acceptors (Lipinski definition) is 3. The molecule has 1 aromatic heterocycles. The lowest BCUT2D eigenvalue weighted by Gasteiger charge is -2.18. The molecule has 0 saturated carbocycles. The van der Waals surface area contributed by atoms with Crippen molar-refractivity contribution in [3.8, 4) is 11.5 Å². The van der Waals surface area contributed by atoms with Crippen LogP contribution in [-0.2, 0) is 12.0 Å². The first-order valence-electron chi connectivity index (χ1n) is 7.26. The zero-order valence-electron chi connectivity index (χ0n) is 12.9. The standard InChI is InChI=1S/C17H24N2O/c1-5-10-18-11-15-12-20-16(19-15)13-6-8-14(9-7-13)17(2,3)4/h6-9,12,18H,5,10-11H2,1-4H3. The lowest BCUT2D eigenvalue weighted by atomic mass is 9.87. The lowest BCUT2D eigenvalue weighted by molar-refractivity contribution is 0.569. The van der Waals surface area contributed by atoms with E-state index in [-0.39, 0.29) is 5.41 Å². The van der Waals surface area contributed by atoms with Gasteiger partial charge in [-0.15, -0.1) is 0 Å². The number of oxazole rings is 1. The van der Waals surface area contributed by atoms with E-state index in [1.807, 2.05) is 0 Å². The van der Waals surface area contributed by atoms with Crippen LogP contribution in [0.3, 0.4) is 0 Å². The number of benzene rings is 1. The first-order valence-corrected chi connectivity index (χ1v) is 7.26. The largest absolute Gasteiger partial charge is 0.444 e. The van der Waals surface area contributed by atoms with E-state index in [9.17, 15) is 0 Å². The molecule has 3 heteroatoms. The van der Waals surface area contributed by atoms with Crippen LogP contribution < -0.4 is 5.32 Å². The normalized spacial score (nSPS) is 11.8. The Kier molecular flexibility index (Phi) is 4.61. The van der Waals surface area contributed by atoms with Gasteiger partial charge in [-0.25, -0.2) is 4.98 Å². The van der Waals surface area contributed by atoms with Gasteiger partial charge in [0.1, 0.15) is 6.26 Å². The third-order valence-electron chi connectivity index (χ3n) is 3.28. The van der Waals surface area contributed by atoms with Gasteiger partial charge < -0.3 is 9.73 Å². The minimum Gasteiger partial charge on any atom is -0.444 e. The van der Waals surface area contributed by atoms with Crippen molar-refractivity contribution in [1.29, 1.82) is 0 Å². The summed E-state index contributed by atoms with van der Waals surface area (Å²) in [5.74, 6) is 0.693. The van der Waals surface area contributed by atoms with Crippen molar-refractivity contribution < 1.29 is 4.42 Å². The van der Waals surface area contributed by atoms with Gasteiger partial charge >= 0.3 is 0 Å². The predicted molar refractivity (Wildman–Crippen MR) is 82.6 cm³/mol. The first-order chi connectivity index (χ1) is 9.50. The van der Waals surface area contributed by atoms with E-state index in [1.54, 1.807) is 6.26 Å². The summed E-state index contributed by atoms with van der Waals surface area (Å²) in [5, 5.41) is 3.32. The van der Waals surface area contributed by atoms with Crippen molar-refractivity contribution in [2.24, 2.45) is 0 Å². The molecule has 0 bridgehead atoms. The van der Waals surface area contributed by atoms with Gasteiger partial charge in [0, 0.05) is 12.1 Å². The SMILES string of the molecule is CCCNCc1coc(-c2ccc(C(C)(C)C)cc2)n1. The number of rotatable bonds is 5. The van der Waals surface area contributed by atoms with Crippen molar-refractivity contribution >= 4 is 0 Å². The molecule has 2 rings (SSSR count). The Morgan fingerprint density at radius 3 is 2.45 bits per heavy atom. The second-order valence-corrected chi connectivity index (χ2v) is 6.15. The molecule has 1 heterocycles. The Labute approximate surface area is 121 Å². The van der Waals surface area contributed by atoms with E-state index in [0.29, 0.717) is 5.89 Å². The molecule has 0 saturated heterocycles. The number of hydrogen-bond donors (Lipinski definition) is 1. The Hall–Kier alpha value is -1.61. The van der Waals surface area contributed by atoms with Crippen LogP contribution in [0.15, 0.2) is 34.9 Å². The molecule has 0 aliphatic heterocycles. The van der Waals surface area contributed by atoms with Crippen LogP contribution in [0.5, 0.6) is 0 Å². The molecule has 20 heavy (non-hydrogen) atoms.